The van der Waals surface area contributed by atoms with E-state index in [0.717, 1.165) is 11.2 Å². The molecule has 0 radical (unpaired) electrons. The van der Waals surface area contributed by atoms with E-state index in [1.165, 1.54) is 38.4 Å². The summed E-state index contributed by atoms with van der Waals surface area (Å²) in [6.45, 7) is 8.66. The number of aromatic amines is 1. The lowest BCUT2D eigenvalue weighted by Crippen LogP contribution is -2.10. The number of nitrogens with two attached hydrogens (primary N) is 1. The molecule has 0 saturated carbocycles. The monoisotopic (exact) mass is 278 g/mol. The fourth-order valence-corrected chi connectivity index (χ4v) is 1.97. The summed E-state index contributed by atoms with van der Waals surface area (Å²) >= 11 is 0. The van der Waals surface area contributed by atoms with Gasteiger partial charge in [0.2, 0.25) is 0 Å². The number of benzene rings is 1. The van der Waals surface area contributed by atoms with Gasteiger partial charge in [-0.05, 0) is 53.0 Å². The molecule has 2 heterocycles. The average Bonchev–Trinajstić information content (AvgIpc) is 3.14. The van der Waals surface area contributed by atoms with Crippen LogP contribution in [0.3, 0.4) is 0 Å². The number of likely N-dealkylation sites (tertiary alicyclic amines) is 1. The standard InChI is InChI=1S/C8H8N2.C5H11N.C2H6.CH5N/c1-6-7-4-2-3-5-8(7)10-9-6;1-6-4-2-3-5-6;2*1-2/h2-5H,1H3,(H,9,10);2-5H2,1H3;1-2H3;2H2,1H3. The van der Waals surface area contributed by atoms with E-state index in [2.05, 4.69) is 33.9 Å². The normalized spacial score (nSPS) is 13.5. The molecule has 0 aliphatic carbocycles. The molecule has 0 atom stereocenters. The van der Waals surface area contributed by atoms with Crippen LogP contribution in [0.5, 0.6) is 0 Å². The van der Waals surface area contributed by atoms with E-state index in [9.17, 15) is 0 Å². The minimum absolute atomic E-state index is 1.04. The molecule has 1 aromatic heterocycles. The molecular weight excluding hydrogens is 248 g/mol. The van der Waals surface area contributed by atoms with Crippen LogP contribution in [-0.2, 0) is 0 Å². The summed E-state index contributed by atoms with van der Waals surface area (Å²) < 4.78 is 0. The highest BCUT2D eigenvalue weighted by molar-refractivity contribution is 5.80. The molecule has 1 aliphatic rings. The Bertz CT molecular complexity index is 444. The first-order valence-corrected chi connectivity index (χ1v) is 7.43. The van der Waals surface area contributed by atoms with Gasteiger partial charge in [0.25, 0.3) is 0 Å². The number of para-hydroxylation sites is 1. The highest BCUT2D eigenvalue weighted by Crippen LogP contribution is 2.12. The lowest BCUT2D eigenvalue weighted by Gasteiger charge is -2.01. The molecule has 114 valence electrons. The number of rotatable bonds is 0. The van der Waals surface area contributed by atoms with Crippen LogP contribution in [-0.4, -0.2) is 42.3 Å². The van der Waals surface area contributed by atoms with Crippen LogP contribution >= 0.6 is 0 Å². The second kappa shape index (κ2) is 11.4. The molecule has 3 N–H and O–H groups in total. The van der Waals surface area contributed by atoms with Crippen LogP contribution in [0.4, 0.5) is 0 Å². The second-order valence-corrected chi connectivity index (χ2v) is 4.38. The van der Waals surface area contributed by atoms with Crippen LogP contribution in [0, 0.1) is 6.92 Å². The van der Waals surface area contributed by atoms with Gasteiger partial charge in [-0.25, -0.2) is 0 Å². The number of aromatic nitrogens is 2. The second-order valence-electron chi connectivity index (χ2n) is 4.38. The molecule has 1 aliphatic heterocycles. The van der Waals surface area contributed by atoms with E-state index >= 15 is 0 Å². The Hall–Kier alpha value is -1.39. The summed E-state index contributed by atoms with van der Waals surface area (Å²) in [5, 5.41) is 8.23. The summed E-state index contributed by atoms with van der Waals surface area (Å²) in [4.78, 5) is 2.36. The average molecular weight is 278 g/mol. The van der Waals surface area contributed by atoms with Crippen LogP contribution in [0.25, 0.3) is 10.9 Å². The predicted molar refractivity (Wildman–Crippen MR) is 89.0 cm³/mol. The molecule has 1 saturated heterocycles. The zero-order valence-electron chi connectivity index (χ0n) is 13.6. The van der Waals surface area contributed by atoms with E-state index in [1.807, 2.05) is 39.0 Å². The Morgan fingerprint density at radius 3 is 2.10 bits per heavy atom. The number of fused-ring (bicyclic) bond motifs is 1. The van der Waals surface area contributed by atoms with Crippen molar-refractivity contribution >= 4 is 10.9 Å². The van der Waals surface area contributed by atoms with Gasteiger partial charge in [0.05, 0.1) is 5.52 Å². The van der Waals surface area contributed by atoms with Gasteiger partial charge >= 0.3 is 0 Å². The molecule has 0 bridgehead atoms. The quantitative estimate of drug-likeness (QED) is 0.778. The SMILES string of the molecule is CC.CN.CN1CCCC1.Cc1[nH]nc2ccccc12. The summed E-state index contributed by atoms with van der Waals surface area (Å²) in [5.41, 5.74) is 6.68. The number of hydrogen-bond acceptors (Lipinski definition) is 3. The highest BCUT2D eigenvalue weighted by Gasteiger charge is 2.03. The van der Waals surface area contributed by atoms with Gasteiger partial charge in [-0.3, -0.25) is 5.10 Å². The molecule has 4 nitrogen and oxygen atoms in total. The minimum Gasteiger partial charge on any atom is -0.333 e. The van der Waals surface area contributed by atoms with E-state index in [-0.39, 0.29) is 0 Å². The Kier molecular flexibility index (Phi) is 10.6. The fourth-order valence-electron chi connectivity index (χ4n) is 1.97. The number of H-pyrrole nitrogens is 1. The third kappa shape index (κ3) is 6.17. The molecule has 2 aromatic rings. The van der Waals surface area contributed by atoms with Crippen molar-refractivity contribution in [2.75, 3.05) is 27.2 Å². The summed E-state index contributed by atoms with van der Waals surface area (Å²) in [6, 6.07) is 8.07. The highest BCUT2D eigenvalue weighted by atomic mass is 15.1. The van der Waals surface area contributed by atoms with Gasteiger partial charge in [-0.1, -0.05) is 32.0 Å². The van der Waals surface area contributed by atoms with Crippen LogP contribution < -0.4 is 5.73 Å². The lowest BCUT2D eigenvalue weighted by molar-refractivity contribution is 0.418. The van der Waals surface area contributed by atoms with E-state index in [1.54, 1.807) is 0 Å². The molecule has 0 spiro atoms. The number of hydrogen-bond donors (Lipinski definition) is 2. The molecule has 20 heavy (non-hydrogen) atoms. The van der Waals surface area contributed by atoms with Crippen molar-refractivity contribution < 1.29 is 0 Å². The molecule has 1 fully saturated rings. The van der Waals surface area contributed by atoms with E-state index in [4.69, 9.17) is 0 Å². The van der Waals surface area contributed by atoms with Crippen LogP contribution in [0.1, 0.15) is 32.4 Å². The largest absolute Gasteiger partial charge is 0.333 e. The zero-order chi connectivity index (χ0) is 15.4. The third-order valence-electron chi connectivity index (χ3n) is 2.98. The van der Waals surface area contributed by atoms with Gasteiger partial charge in [0.15, 0.2) is 0 Å². The Balaban J connectivity index is 0.000000312. The molecule has 4 heteroatoms. The number of nitrogens with one attached hydrogen (secondary N) is 1. The Morgan fingerprint density at radius 1 is 1.10 bits per heavy atom. The smallest absolute Gasteiger partial charge is 0.0923 e. The lowest BCUT2D eigenvalue weighted by atomic mass is 10.2. The molecular formula is C16H30N4. The van der Waals surface area contributed by atoms with Gasteiger partial charge in [-0.15, -0.1) is 0 Å². The first-order chi connectivity index (χ1) is 9.77. The van der Waals surface area contributed by atoms with Crippen molar-refractivity contribution in [1.82, 2.24) is 15.1 Å². The van der Waals surface area contributed by atoms with Crippen molar-refractivity contribution in [2.45, 2.75) is 33.6 Å². The maximum absolute atomic E-state index is 4.50. The molecule has 3 rings (SSSR count). The first-order valence-electron chi connectivity index (χ1n) is 7.43. The van der Waals surface area contributed by atoms with Gasteiger partial charge in [0, 0.05) is 11.1 Å². The fraction of sp³-hybridized carbons (Fsp3) is 0.562. The van der Waals surface area contributed by atoms with Gasteiger partial charge < -0.3 is 10.6 Å². The van der Waals surface area contributed by atoms with Gasteiger partial charge in [-0.2, -0.15) is 5.10 Å². The van der Waals surface area contributed by atoms with Crippen LogP contribution in [0.2, 0.25) is 0 Å². The molecule has 0 unspecified atom stereocenters. The van der Waals surface area contributed by atoms with Crippen molar-refractivity contribution in [1.29, 1.82) is 0 Å². The first kappa shape index (κ1) is 18.6. The van der Waals surface area contributed by atoms with E-state index in [0.29, 0.717) is 0 Å². The van der Waals surface area contributed by atoms with Crippen molar-refractivity contribution in [2.24, 2.45) is 5.73 Å². The van der Waals surface area contributed by atoms with Crippen molar-refractivity contribution in [3.05, 3.63) is 30.0 Å². The third-order valence-corrected chi connectivity index (χ3v) is 2.98. The summed E-state index contributed by atoms with van der Waals surface area (Å²) in [7, 11) is 3.67. The summed E-state index contributed by atoms with van der Waals surface area (Å²) in [5.74, 6) is 0. The van der Waals surface area contributed by atoms with Crippen molar-refractivity contribution in [3.8, 4) is 0 Å². The van der Waals surface area contributed by atoms with Gasteiger partial charge in [0.1, 0.15) is 0 Å². The van der Waals surface area contributed by atoms with E-state index < -0.39 is 0 Å². The zero-order valence-corrected chi connectivity index (χ0v) is 13.6. The predicted octanol–water partition coefficient (Wildman–Crippen LogP) is 3.18. The van der Waals surface area contributed by atoms with Crippen LogP contribution in [0.15, 0.2) is 24.3 Å². The Labute approximate surface area is 123 Å². The summed E-state index contributed by atoms with van der Waals surface area (Å²) in [6.07, 6.45) is 2.83. The minimum atomic E-state index is 1.04. The molecule has 1 aromatic carbocycles. The molecule has 0 amide bonds. The number of aryl methyl sites for hydroxylation is 1. The maximum Gasteiger partial charge on any atom is 0.0923 e. The topological polar surface area (TPSA) is 57.9 Å². The Morgan fingerprint density at radius 2 is 1.65 bits per heavy atom. The van der Waals surface area contributed by atoms with Crippen molar-refractivity contribution in [3.63, 3.8) is 0 Å². The maximum atomic E-state index is 4.50. The number of nitrogens with zero attached hydrogens (tertiary/aromatic N) is 2.